The van der Waals surface area contributed by atoms with E-state index in [1.165, 1.54) is 0 Å². The number of esters is 2. The molecule has 0 amide bonds. The fourth-order valence-electron chi connectivity index (χ4n) is 4.60. The van der Waals surface area contributed by atoms with Gasteiger partial charge < -0.3 is 9.47 Å². The van der Waals surface area contributed by atoms with Crippen LogP contribution in [0.3, 0.4) is 0 Å². The van der Waals surface area contributed by atoms with Gasteiger partial charge in [0.15, 0.2) is 5.78 Å². The average molecular weight is 358 g/mol. The molecule has 5 nitrogen and oxygen atoms in total. The molecule has 1 aromatic carbocycles. The van der Waals surface area contributed by atoms with E-state index in [1.807, 2.05) is 38.1 Å². The molecule has 0 N–H and O–H groups in total. The Kier molecular flexibility index (Phi) is 4.91. The van der Waals surface area contributed by atoms with Gasteiger partial charge in [0.25, 0.3) is 0 Å². The van der Waals surface area contributed by atoms with Crippen molar-refractivity contribution in [2.45, 2.75) is 64.4 Å². The van der Waals surface area contributed by atoms with Crippen molar-refractivity contribution in [2.75, 3.05) is 6.61 Å². The lowest BCUT2D eigenvalue weighted by Crippen LogP contribution is -2.37. The molecule has 0 saturated carbocycles. The van der Waals surface area contributed by atoms with Gasteiger partial charge in [0.05, 0.1) is 6.61 Å². The van der Waals surface area contributed by atoms with Crippen molar-refractivity contribution in [1.82, 2.24) is 0 Å². The molecule has 26 heavy (non-hydrogen) atoms. The fraction of sp³-hybridized carbons (Fsp3) is 0.571. The lowest BCUT2D eigenvalue weighted by Gasteiger charge is -2.28. The zero-order chi connectivity index (χ0) is 18.9. The van der Waals surface area contributed by atoms with Gasteiger partial charge in [-0.2, -0.15) is 0 Å². The number of ether oxygens (including phenoxy) is 2. The summed E-state index contributed by atoms with van der Waals surface area (Å²) < 4.78 is 10.6. The summed E-state index contributed by atoms with van der Waals surface area (Å²) in [5, 5.41) is 0. The van der Waals surface area contributed by atoms with Crippen LogP contribution in [0.1, 0.15) is 74.7 Å². The number of ketones is 1. The molecule has 3 rings (SSSR count). The molecule has 1 aliphatic carbocycles. The number of unbranched alkanes of at least 4 members (excludes halogenated alkanes) is 2. The molecule has 1 saturated heterocycles. The Labute approximate surface area is 154 Å². The fourth-order valence-corrected chi connectivity index (χ4v) is 4.60. The van der Waals surface area contributed by atoms with Crippen LogP contribution in [0.5, 0.6) is 0 Å². The van der Waals surface area contributed by atoms with Gasteiger partial charge in [0, 0.05) is 17.9 Å². The SMILES string of the molecule is CCOC(=O)CCCCC[C@]12C(=O)OC(C)(C)[C@H]1c1ccccc1C2=O. The van der Waals surface area contributed by atoms with E-state index in [0.29, 0.717) is 37.9 Å². The third-order valence-electron chi connectivity index (χ3n) is 5.59. The Morgan fingerprint density at radius 1 is 1.15 bits per heavy atom. The summed E-state index contributed by atoms with van der Waals surface area (Å²) in [4.78, 5) is 37.4. The zero-order valence-electron chi connectivity index (χ0n) is 15.7. The summed E-state index contributed by atoms with van der Waals surface area (Å²) >= 11 is 0. The van der Waals surface area contributed by atoms with Crippen LogP contribution in [-0.2, 0) is 19.1 Å². The first kappa shape index (κ1) is 18.6. The van der Waals surface area contributed by atoms with E-state index < -0.39 is 17.0 Å². The number of cyclic esters (lactones) is 1. The standard InChI is InChI=1S/C21H26O5/c1-4-25-16(22)12-6-5-9-13-21-17(20(2,3)26-19(21)24)14-10-7-8-11-15(14)18(21)23/h7-8,10-11,17H,4-6,9,12-13H2,1-3H3/t17-,21+/m1/s1. The molecule has 0 unspecified atom stereocenters. The zero-order valence-corrected chi connectivity index (χ0v) is 15.7. The molecule has 0 spiro atoms. The van der Waals surface area contributed by atoms with E-state index in [9.17, 15) is 14.4 Å². The highest BCUT2D eigenvalue weighted by atomic mass is 16.6. The third kappa shape index (κ3) is 2.83. The summed E-state index contributed by atoms with van der Waals surface area (Å²) in [7, 11) is 0. The van der Waals surface area contributed by atoms with Crippen LogP contribution >= 0.6 is 0 Å². The first-order valence-electron chi connectivity index (χ1n) is 9.37. The van der Waals surface area contributed by atoms with Gasteiger partial charge >= 0.3 is 11.9 Å². The minimum atomic E-state index is -1.11. The number of Topliss-reactive ketones (excluding diaryl/α,β-unsaturated/α-hetero) is 1. The lowest BCUT2D eigenvalue weighted by molar-refractivity contribution is -0.151. The highest BCUT2D eigenvalue weighted by molar-refractivity contribution is 6.18. The normalized spacial score (nSPS) is 25.6. The monoisotopic (exact) mass is 358 g/mol. The van der Waals surface area contributed by atoms with E-state index in [4.69, 9.17) is 9.47 Å². The Balaban J connectivity index is 1.75. The molecule has 0 bridgehead atoms. The molecule has 140 valence electrons. The molecule has 0 aromatic heterocycles. The Morgan fingerprint density at radius 2 is 1.88 bits per heavy atom. The average Bonchev–Trinajstić information content (AvgIpc) is 2.96. The Bertz CT molecular complexity index is 736. The van der Waals surface area contributed by atoms with Crippen molar-refractivity contribution in [1.29, 1.82) is 0 Å². The largest absolute Gasteiger partial charge is 0.466 e. The Hall–Kier alpha value is -2.17. The van der Waals surface area contributed by atoms with Crippen molar-refractivity contribution in [2.24, 2.45) is 5.41 Å². The summed E-state index contributed by atoms with van der Waals surface area (Å²) in [5.41, 5.74) is -0.255. The van der Waals surface area contributed by atoms with Crippen LogP contribution in [-0.4, -0.2) is 29.9 Å². The van der Waals surface area contributed by atoms with Crippen LogP contribution in [0.25, 0.3) is 0 Å². The van der Waals surface area contributed by atoms with Crippen LogP contribution in [0, 0.1) is 5.41 Å². The maximum atomic E-state index is 13.2. The molecule has 2 atom stereocenters. The molecule has 2 aliphatic rings. The van der Waals surface area contributed by atoms with Crippen LogP contribution in [0.15, 0.2) is 24.3 Å². The quantitative estimate of drug-likeness (QED) is 0.421. The van der Waals surface area contributed by atoms with Gasteiger partial charge in [0.2, 0.25) is 0 Å². The van der Waals surface area contributed by atoms with Gasteiger partial charge in [-0.3, -0.25) is 14.4 Å². The summed E-state index contributed by atoms with van der Waals surface area (Å²) in [6.45, 7) is 5.94. The van der Waals surface area contributed by atoms with Crippen LogP contribution in [0.2, 0.25) is 0 Å². The summed E-state index contributed by atoms with van der Waals surface area (Å²) in [5.74, 6) is -0.969. The maximum Gasteiger partial charge on any atom is 0.321 e. The number of carbonyl (C=O) groups excluding carboxylic acids is 3. The van der Waals surface area contributed by atoms with Crippen LogP contribution < -0.4 is 0 Å². The van der Waals surface area contributed by atoms with E-state index in [2.05, 4.69) is 0 Å². The minimum Gasteiger partial charge on any atom is -0.466 e. The molecule has 1 heterocycles. The minimum absolute atomic E-state index is 0.112. The third-order valence-corrected chi connectivity index (χ3v) is 5.59. The second-order valence-corrected chi connectivity index (χ2v) is 7.68. The molecular formula is C21H26O5. The molecule has 0 radical (unpaired) electrons. The van der Waals surface area contributed by atoms with Crippen molar-refractivity contribution in [3.63, 3.8) is 0 Å². The first-order valence-corrected chi connectivity index (χ1v) is 9.37. The van der Waals surface area contributed by atoms with Gasteiger partial charge in [-0.15, -0.1) is 0 Å². The van der Waals surface area contributed by atoms with Gasteiger partial charge in [-0.05, 0) is 39.2 Å². The molecular weight excluding hydrogens is 332 g/mol. The van der Waals surface area contributed by atoms with Crippen LogP contribution in [0.4, 0.5) is 0 Å². The molecule has 1 aliphatic heterocycles. The van der Waals surface area contributed by atoms with Crippen molar-refractivity contribution in [3.8, 4) is 0 Å². The van der Waals surface area contributed by atoms with E-state index in [-0.39, 0.29) is 17.7 Å². The van der Waals surface area contributed by atoms with E-state index in [0.717, 1.165) is 12.0 Å². The van der Waals surface area contributed by atoms with Crippen molar-refractivity contribution < 1.29 is 23.9 Å². The van der Waals surface area contributed by atoms with Gasteiger partial charge in [-0.1, -0.05) is 37.1 Å². The predicted molar refractivity (Wildman–Crippen MR) is 95.8 cm³/mol. The highest BCUT2D eigenvalue weighted by Gasteiger charge is 2.69. The second kappa shape index (κ2) is 6.86. The smallest absolute Gasteiger partial charge is 0.321 e. The van der Waals surface area contributed by atoms with E-state index >= 15 is 0 Å². The van der Waals surface area contributed by atoms with Gasteiger partial charge in [0.1, 0.15) is 11.0 Å². The number of rotatable bonds is 7. The van der Waals surface area contributed by atoms with Crippen molar-refractivity contribution in [3.05, 3.63) is 35.4 Å². The summed E-state index contributed by atoms with van der Waals surface area (Å²) in [6, 6.07) is 7.48. The topological polar surface area (TPSA) is 69.7 Å². The van der Waals surface area contributed by atoms with Gasteiger partial charge in [-0.25, -0.2) is 0 Å². The van der Waals surface area contributed by atoms with Crippen molar-refractivity contribution >= 4 is 17.7 Å². The number of fused-ring (bicyclic) bond motifs is 3. The molecule has 1 aromatic rings. The molecule has 1 fully saturated rings. The second-order valence-electron chi connectivity index (χ2n) is 7.68. The van der Waals surface area contributed by atoms with E-state index in [1.54, 1.807) is 6.92 Å². The Morgan fingerprint density at radius 3 is 2.62 bits per heavy atom. The maximum absolute atomic E-state index is 13.2. The summed E-state index contributed by atoms with van der Waals surface area (Å²) in [6.07, 6.45) is 2.98. The number of hydrogen-bond donors (Lipinski definition) is 0. The number of carbonyl (C=O) groups is 3. The predicted octanol–water partition coefficient (Wildman–Crippen LogP) is 3.80. The number of hydrogen-bond acceptors (Lipinski definition) is 5. The lowest BCUT2D eigenvalue weighted by atomic mass is 9.68. The highest BCUT2D eigenvalue weighted by Crippen LogP contribution is 2.60. The molecule has 5 heteroatoms. The first-order chi connectivity index (χ1) is 12.3. The number of benzene rings is 1.